The summed E-state index contributed by atoms with van der Waals surface area (Å²) in [6.07, 6.45) is 4.35. The summed E-state index contributed by atoms with van der Waals surface area (Å²) in [7, 11) is 0. The SMILES string of the molecule is Cc1ccc(C(=O)CCC(=O)Nc2ccc(-c3cn4ccsc4n3)cc2)s1. The van der Waals surface area contributed by atoms with Gasteiger partial charge in [-0.15, -0.1) is 22.7 Å². The lowest BCUT2D eigenvalue weighted by molar-refractivity contribution is -0.116. The number of hydrogen-bond donors (Lipinski definition) is 1. The number of carbonyl (C=O) groups excluding carboxylic acids is 2. The van der Waals surface area contributed by atoms with E-state index in [-0.39, 0.29) is 24.5 Å². The number of ketones is 1. The van der Waals surface area contributed by atoms with E-state index in [0.29, 0.717) is 10.6 Å². The maximum Gasteiger partial charge on any atom is 0.224 e. The molecule has 0 saturated carbocycles. The molecule has 5 nitrogen and oxygen atoms in total. The molecule has 4 aromatic rings. The van der Waals surface area contributed by atoms with Crippen LogP contribution in [-0.4, -0.2) is 21.1 Å². The normalized spacial score (nSPS) is 11.0. The van der Waals surface area contributed by atoms with E-state index in [1.54, 1.807) is 11.3 Å². The minimum atomic E-state index is -0.160. The van der Waals surface area contributed by atoms with Crippen molar-refractivity contribution in [2.24, 2.45) is 0 Å². The molecular formula is C20H17N3O2S2. The summed E-state index contributed by atoms with van der Waals surface area (Å²) in [6, 6.07) is 11.3. The molecule has 7 heteroatoms. The van der Waals surface area contributed by atoms with Crippen molar-refractivity contribution in [3.8, 4) is 11.3 Å². The number of imidazole rings is 1. The first-order chi connectivity index (χ1) is 13.1. The maximum atomic E-state index is 12.1. The number of aromatic nitrogens is 2. The molecule has 0 saturated heterocycles. The summed E-state index contributed by atoms with van der Waals surface area (Å²) in [6.45, 7) is 1.96. The van der Waals surface area contributed by atoms with E-state index < -0.39 is 0 Å². The molecule has 4 rings (SSSR count). The first-order valence-corrected chi connectivity index (χ1v) is 10.2. The zero-order chi connectivity index (χ0) is 18.8. The van der Waals surface area contributed by atoms with Gasteiger partial charge in [0.2, 0.25) is 5.91 Å². The number of aryl methyl sites for hydroxylation is 1. The van der Waals surface area contributed by atoms with Gasteiger partial charge in [0, 0.05) is 46.7 Å². The molecule has 0 bridgehead atoms. The Bertz CT molecular complexity index is 1080. The molecule has 1 amide bonds. The predicted octanol–water partition coefficient (Wildman–Crippen LogP) is 5.03. The van der Waals surface area contributed by atoms with E-state index in [1.807, 2.05) is 65.5 Å². The third-order valence-corrected chi connectivity index (χ3v) is 5.96. The number of carbonyl (C=O) groups is 2. The van der Waals surface area contributed by atoms with Gasteiger partial charge in [0.05, 0.1) is 10.6 Å². The molecule has 1 N–H and O–H groups in total. The van der Waals surface area contributed by atoms with Crippen LogP contribution in [0.1, 0.15) is 27.4 Å². The topological polar surface area (TPSA) is 63.5 Å². The number of rotatable bonds is 6. The lowest BCUT2D eigenvalue weighted by Crippen LogP contribution is -2.13. The Balaban J connectivity index is 1.34. The van der Waals surface area contributed by atoms with Crippen LogP contribution in [0.25, 0.3) is 16.2 Å². The van der Waals surface area contributed by atoms with Gasteiger partial charge in [-0.05, 0) is 31.2 Å². The van der Waals surface area contributed by atoms with Gasteiger partial charge in [-0.3, -0.25) is 14.0 Å². The first-order valence-electron chi connectivity index (χ1n) is 8.50. The summed E-state index contributed by atoms with van der Waals surface area (Å²) >= 11 is 3.05. The molecule has 3 heterocycles. The van der Waals surface area contributed by atoms with Crippen molar-refractivity contribution in [2.75, 3.05) is 5.32 Å². The molecule has 0 aliphatic rings. The fourth-order valence-corrected chi connectivity index (χ4v) is 4.28. The largest absolute Gasteiger partial charge is 0.326 e. The van der Waals surface area contributed by atoms with Crippen LogP contribution in [0.4, 0.5) is 5.69 Å². The Morgan fingerprint density at radius 1 is 1.11 bits per heavy atom. The molecule has 136 valence electrons. The van der Waals surface area contributed by atoms with E-state index >= 15 is 0 Å². The summed E-state index contributed by atoms with van der Waals surface area (Å²) in [5.41, 5.74) is 2.60. The number of benzene rings is 1. The minimum Gasteiger partial charge on any atom is -0.326 e. The van der Waals surface area contributed by atoms with Crippen LogP contribution >= 0.6 is 22.7 Å². The van der Waals surface area contributed by atoms with Gasteiger partial charge in [0.25, 0.3) is 0 Å². The lowest BCUT2D eigenvalue weighted by Gasteiger charge is -2.05. The average Bonchev–Trinajstić information content (AvgIpc) is 3.36. The van der Waals surface area contributed by atoms with E-state index in [0.717, 1.165) is 21.1 Å². The number of thiazole rings is 1. The van der Waals surface area contributed by atoms with Crippen LogP contribution in [0.2, 0.25) is 0 Å². The maximum absolute atomic E-state index is 12.1. The minimum absolute atomic E-state index is 0.0124. The fraction of sp³-hybridized carbons (Fsp3) is 0.150. The zero-order valence-corrected chi connectivity index (χ0v) is 16.3. The summed E-state index contributed by atoms with van der Waals surface area (Å²) < 4.78 is 1.99. The Hall–Kier alpha value is -2.77. The number of hydrogen-bond acceptors (Lipinski definition) is 5. The van der Waals surface area contributed by atoms with Crippen molar-refractivity contribution in [3.05, 3.63) is 63.9 Å². The van der Waals surface area contributed by atoms with Crippen LogP contribution in [0.5, 0.6) is 0 Å². The smallest absolute Gasteiger partial charge is 0.224 e. The van der Waals surface area contributed by atoms with Crippen LogP contribution in [0.3, 0.4) is 0 Å². The van der Waals surface area contributed by atoms with Crippen molar-refractivity contribution < 1.29 is 9.59 Å². The predicted molar refractivity (Wildman–Crippen MR) is 110 cm³/mol. The van der Waals surface area contributed by atoms with Gasteiger partial charge in [0.1, 0.15) is 0 Å². The number of thiophene rings is 1. The van der Waals surface area contributed by atoms with Gasteiger partial charge in [-0.25, -0.2) is 4.98 Å². The number of amides is 1. The van der Waals surface area contributed by atoms with Gasteiger partial charge in [-0.2, -0.15) is 0 Å². The molecule has 27 heavy (non-hydrogen) atoms. The molecule has 3 aromatic heterocycles. The quantitative estimate of drug-likeness (QED) is 0.466. The van der Waals surface area contributed by atoms with Crippen LogP contribution in [-0.2, 0) is 4.79 Å². The molecule has 0 radical (unpaired) electrons. The molecule has 0 unspecified atom stereocenters. The molecule has 0 fully saturated rings. The van der Waals surface area contributed by atoms with E-state index in [1.165, 1.54) is 11.3 Å². The van der Waals surface area contributed by atoms with Gasteiger partial charge in [-0.1, -0.05) is 12.1 Å². The number of Topliss-reactive ketones (excluding diaryl/α,β-unsaturated/α-hetero) is 1. The van der Waals surface area contributed by atoms with Crippen LogP contribution in [0.15, 0.2) is 54.2 Å². The molecule has 0 aliphatic carbocycles. The van der Waals surface area contributed by atoms with Gasteiger partial charge in [0.15, 0.2) is 10.7 Å². The fourth-order valence-electron chi connectivity index (χ4n) is 2.75. The second-order valence-electron chi connectivity index (χ2n) is 6.18. The Morgan fingerprint density at radius 2 is 1.93 bits per heavy atom. The third-order valence-electron chi connectivity index (χ3n) is 4.15. The molecule has 1 aromatic carbocycles. The van der Waals surface area contributed by atoms with E-state index in [9.17, 15) is 9.59 Å². The van der Waals surface area contributed by atoms with Crippen molar-refractivity contribution in [2.45, 2.75) is 19.8 Å². The number of anilines is 1. The third kappa shape index (κ3) is 3.99. The van der Waals surface area contributed by atoms with Crippen molar-refractivity contribution in [1.29, 1.82) is 0 Å². The van der Waals surface area contributed by atoms with Gasteiger partial charge < -0.3 is 5.32 Å². The van der Waals surface area contributed by atoms with Crippen molar-refractivity contribution in [3.63, 3.8) is 0 Å². The first kappa shape index (κ1) is 17.6. The average molecular weight is 396 g/mol. The van der Waals surface area contributed by atoms with Crippen molar-refractivity contribution in [1.82, 2.24) is 9.38 Å². The van der Waals surface area contributed by atoms with Gasteiger partial charge >= 0.3 is 0 Å². The molecule has 0 atom stereocenters. The highest BCUT2D eigenvalue weighted by atomic mass is 32.1. The zero-order valence-electron chi connectivity index (χ0n) is 14.6. The molecule has 0 aliphatic heterocycles. The standard InChI is InChI=1S/C20H17N3O2S2/c1-13-2-8-18(27-13)17(24)7-9-19(25)21-15-5-3-14(4-6-15)16-12-23-10-11-26-20(23)22-16/h2-6,8,10-12H,7,9H2,1H3,(H,21,25). The second kappa shape index (κ2) is 7.46. The highest BCUT2D eigenvalue weighted by Crippen LogP contribution is 2.23. The Morgan fingerprint density at radius 3 is 2.63 bits per heavy atom. The monoisotopic (exact) mass is 395 g/mol. The highest BCUT2D eigenvalue weighted by molar-refractivity contribution is 7.15. The highest BCUT2D eigenvalue weighted by Gasteiger charge is 2.11. The second-order valence-corrected chi connectivity index (χ2v) is 8.34. The lowest BCUT2D eigenvalue weighted by atomic mass is 10.1. The molecular weight excluding hydrogens is 378 g/mol. The van der Waals surface area contributed by atoms with Crippen molar-refractivity contribution >= 4 is 45.0 Å². The molecule has 0 spiro atoms. The van der Waals surface area contributed by atoms with E-state index in [2.05, 4.69) is 10.3 Å². The van der Waals surface area contributed by atoms with Crippen LogP contribution < -0.4 is 5.32 Å². The summed E-state index contributed by atoms with van der Waals surface area (Å²) in [5.74, 6) is -0.148. The summed E-state index contributed by atoms with van der Waals surface area (Å²) in [5, 5.41) is 4.84. The summed E-state index contributed by atoms with van der Waals surface area (Å²) in [4.78, 5) is 31.5. The number of nitrogens with zero attached hydrogens (tertiary/aromatic N) is 2. The number of nitrogens with one attached hydrogen (secondary N) is 1. The number of fused-ring (bicyclic) bond motifs is 1. The Labute approximate surface area is 164 Å². The van der Waals surface area contributed by atoms with E-state index in [4.69, 9.17) is 0 Å². The van der Waals surface area contributed by atoms with Crippen LogP contribution in [0, 0.1) is 6.92 Å². The Kier molecular flexibility index (Phi) is 4.87.